The molecule has 3 heterocycles. The normalized spacial score (nSPS) is 24.7. The Morgan fingerprint density at radius 1 is 1.36 bits per heavy atom. The molecule has 0 bridgehead atoms. The molecule has 1 unspecified atom stereocenters. The number of amides is 1. The third-order valence-corrected chi connectivity index (χ3v) is 5.70. The van der Waals surface area contributed by atoms with Crippen LogP contribution < -0.4 is 4.74 Å². The summed E-state index contributed by atoms with van der Waals surface area (Å²) in [5.74, 6) is 1.23. The van der Waals surface area contributed by atoms with Gasteiger partial charge in [0.2, 0.25) is 11.8 Å². The summed E-state index contributed by atoms with van der Waals surface area (Å²) in [5, 5.41) is 0. The molecule has 3 aliphatic rings. The van der Waals surface area contributed by atoms with Gasteiger partial charge in [0.05, 0.1) is 19.7 Å². The van der Waals surface area contributed by atoms with Crippen LogP contribution in [0.2, 0.25) is 0 Å². The van der Waals surface area contributed by atoms with Crippen LogP contribution in [0.4, 0.5) is 0 Å². The summed E-state index contributed by atoms with van der Waals surface area (Å²) < 4.78 is 11.9. The van der Waals surface area contributed by atoms with E-state index < -0.39 is 0 Å². The maximum atomic E-state index is 12.5. The van der Waals surface area contributed by atoms with Crippen LogP contribution in [0.1, 0.15) is 38.5 Å². The number of aromatic nitrogens is 1. The quantitative estimate of drug-likeness (QED) is 0.772. The first-order valence-electron chi connectivity index (χ1n) is 9.39. The molecule has 1 aromatic heterocycles. The maximum absolute atomic E-state index is 12.5. The van der Waals surface area contributed by atoms with E-state index in [9.17, 15) is 4.79 Å². The number of ether oxygens (including phenoxy) is 2. The van der Waals surface area contributed by atoms with E-state index in [0.29, 0.717) is 37.9 Å². The smallest absolute Gasteiger partial charge is 0.226 e. The molecule has 1 aliphatic carbocycles. The van der Waals surface area contributed by atoms with E-state index >= 15 is 0 Å². The molecule has 2 saturated heterocycles. The topological polar surface area (TPSA) is 51.7 Å². The summed E-state index contributed by atoms with van der Waals surface area (Å²) in [6.45, 7) is 2.76. The molecule has 5 heteroatoms. The summed E-state index contributed by atoms with van der Waals surface area (Å²) in [6.07, 6.45) is 10.3. The molecule has 25 heavy (non-hydrogen) atoms. The average Bonchev–Trinajstić information content (AvgIpc) is 3.04. The zero-order chi connectivity index (χ0) is 17.1. The molecular formula is C20H26N2O3. The SMILES string of the molecule is O=C(CC1=CCCCC1)N1CC2(C1)OCCC2COc1ccccn1. The fraction of sp³-hybridized carbons (Fsp3) is 0.600. The van der Waals surface area contributed by atoms with Gasteiger partial charge in [-0.25, -0.2) is 4.98 Å². The summed E-state index contributed by atoms with van der Waals surface area (Å²) in [5.41, 5.74) is 1.12. The Labute approximate surface area is 149 Å². The molecular weight excluding hydrogens is 316 g/mol. The van der Waals surface area contributed by atoms with Gasteiger partial charge in [-0.1, -0.05) is 17.7 Å². The van der Waals surface area contributed by atoms with Crippen molar-refractivity contribution >= 4 is 5.91 Å². The van der Waals surface area contributed by atoms with E-state index in [-0.39, 0.29) is 11.5 Å². The van der Waals surface area contributed by atoms with Gasteiger partial charge in [0.15, 0.2) is 0 Å². The minimum absolute atomic E-state index is 0.203. The Bertz CT molecular complexity index is 638. The van der Waals surface area contributed by atoms with Crippen LogP contribution in [0.15, 0.2) is 36.0 Å². The zero-order valence-corrected chi connectivity index (χ0v) is 14.7. The largest absolute Gasteiger partial charge is 0.477 e. The van der Waals surface area contributed by atoms with Crippen LogP contribution in [0, 0.1) is 5.92 Å². The van der Waals surface area contributed by atoms with Gasteiger partial charge < -0.3 is 14.4 Å². The summed E-state index contributed by atoms with van der Waals surface area (Å²) in [7, 11) is 0. The van der Waals surface area contributed by atoms with Crippen molar-refractivity contribution in [2.45, 2.75) is 44.1 Å². The summed E-state index contributed by atoms with van der Waals surface area (Å²) in [6, 6.07) is 5.67. The lowest BCUT2D eigenvalue weighted by molar-refractivity contribution is -0.166. The van der Waals surface area contributed by atoms with Crippen molar-refractivity contribution in [3.05, 3.63) is 36.0 Å². The molecule has 134 valence electrons. The van der Waals surface area contributed by atoms with E-state index in [1.807, 2.05) is 23.1 Å². The van der Waals surface area contributed by atoms with Gasteiger partial charge in [0.25, 0.3) is 0 Å². The second-order valence-electron chi connectivity index (χ2n) is 7.41. The lowest BCUT2D eigenvalue weighted by Crippen LogP contribution is -2.66. The molecule has 2 fully saturated rings. The maximum Gasteiger partial charge on any atom is 0.226 e. The lowest BCUT2D eigenvalue weighted by Gasteiger charge is -2.50. The van der Waals surface area contributed by atoms with Gasteiger partial charge in [-0.05, 0) is 38.2 Å². The predicted octanol–water partition coefficient (Wildman–Crippen LogP) is 2.97. The Kier molecular flexibility index (Phi) is 4.75. The number of hydrogen-bond acceptors (Lipinski definition) is 4. The van der Waals surface area contributed by atoms with Gasteiger partial charge in [-0.3, -0.25) is 4.79 Å². The van der Waals surface area contributed by atoms with Crippen LogP contribution in [0.5, 0.6) is 5.88 Å². The standard InChI is InChI=1S/C20H26N2O3/c23-19(12-16-6-2-1-3-7-16)22-14-20(15-22)17(9-11-25-20)13-24-18-8-4-5-10-21-18/h4-6,8,10,17H,1-3,7,9,11-15H2. The molecule has 4 rings (SSSR count). The molecule has 5 nitrogen and oxygen atoms in total. The van der Waals surface area contributed by atoms with Crippen molar-refractivity contribution in [2.75, 3.05) is 26.3 Å². The number of pyridine rings is 1. The average molecular weight is 342 g/mol. The highest BCUT2D eigenvalue weighted by Gasteiger charge is 2.54. The van der Waals surface area contributed by atoms with E-state index in [1.54, 1.807) is 6.20 Å². The highest BCUT2D eigenvalue weighted by Crippen LogP contribution is 2.40. The van der Waals surface area contributed by atoms with Gasteiger partial charge >= 0.3 is 0 Å². The first kappa shape index (κ1) is 16.6. The minimum Gasteiger partial charge on any atom is -0.477 e. The molecule has 0 radical (unpaired) electrons. The molecule has 1 spiro atoms. The van der Waals surface area contributed by atoms with E-state index in [0.717, 1.165) is 25.9 Å². The second-order valence-corrected chi connectivity index (χ2v) is 7.41. The lowest BCUT2D eigenvalue weighted by atomic mass is 9.81. The van der Waals surface area contributed by atoms with Crippen molar-refractivity contribution in [3.63, 3.8) is 0 Å². The first-order chi connectivity index (χ1) is 12.3. The number of carbonyl (C=O) groups excluding carboxylic acids is 1. The number of allylic oxidation sites excluding steroid dienone is 1. The summed E-state index contributed by atoms with van der Waals surface area (Å²) >= 11 is 0. The van der Waals surface area contributed by atoms with E-state index in [4.69, 9.17) is 9.47 Å². The molecule has 1 amide bonds. The number of likely N-dealkylation sites (tertiary alicyclic amines) is 1. The molecule has 0 aromatic carbocycles. The van der Waals surface area contributed by atoms with Gasteiger partial charge in [0.1, 0.15) is 5.60 Å². The number of rotatable bonds is 5. The first-order valence-corrected chi connectivity index (χ1v) is 9.39. The Morgan fingerprint density at radius 3 is 3.04 bits per heavy atom. The molecule has 0 N–H and O–H groups in total. The molecule has 0 saturated carbocycles. The molecule has 2 aliphatic heterocycles. The van der Waals surface area contributed by atoms with Gasteiger partial charge in [-0.2, -0.15) is 0 Å². The van der Waals surface area contributed by atoms with Crippen LogP contribution >= 0.6 is 0 Å². The third kappa shape index (κ3) is 3.56. The Morgan fingerprint density at radius 2 is 2.28 bits per heavy atom. The van der Waals surface area contributed by atoms with Crippen molar-refractivity contribution in [2.24, 2.45) is 5.92 Å². The van der Waals surface area contributed by atoms with Crippen LogP contribution in [-0.4, -0.2) is 47.7 Å². The zero-order valence-electron chi connectivity index (χ0n) is 14.7. The molecule has 1 aromatic rings. The Hall–Kier alpha value is -1.88. The van der Waals surface area contributed by atoms with Crippen LogP contribution in [-0.2, 0) is 9.53 Å². The van der Waals surface area contributed by atoms with Crippen molar-refractivity contribution in [1.29, 1.82) is 0 Å². The monoisotopic (exact) mass is 342 g/mol. The second kappa shape index (κ2) is 7.16. The van der Waals surface area contributed by atoms with Gasteiger partial charge in [0, 0.05) is 31.2 Å². The number of hydrogen-bond donors (Lipinski definition) is 0. The number of carbonyl (C=O) groups is 1. The fourth-order valence-electron chi connectivity index (χ4n) is 4.14. The van der Waals surface area contributed by atoms with Crippen molar-refractivity contribution in [1.82, 2.24) is 9.88 Å². The van der Waals surface area contributed by atoms with Crippen LogP contribution in [0.3, 0.4) is 0 Å². The number of nitrogens with zero attached hydrogens (tertiary/aromatic N) is 2. The highest BCUT2D eigenvalue weighted by molar-refractivity contribution is 5.80. The van der Waals surface area contributed by atoms with E-state index in [2.05, 4.69) is 11.1 Å². The highest BCUT2D eigenvalue weighted by atomic mass is 16.5. The van der Waals surface area contributed by atoms with Crippen molar-refractivity contribution < 1.29 is 14.3 Å². The third-order valence-electron chi connectivity index (χ3n) is 5.70. The van der Waals surface area contributed by atoms with Crippen molar-refractivity contribution in [3.8, 4) is 5.88 Å². The molecule has 1 atom stereocenters. The van der Waals surface area contributed by atoms with Crippen LogP contribution in [0.25, 0.3) is 0 Å². The fourth-order valence-corrected chi connectivity index (χ4v) is 4.14. The van der Waals surface area contributed by atoms with E-state index in [1.165, 1.54) is 18.4 Å². The summed E-state index contributed by atoms with van der Waals surface area (Å²) in [4.78, 5) is 18.7. The Balaban J connectivity index is 1.29. The minimum atomic E-state index is -0.203. The predicted molar refractivity (Wildman–Crippen MR) is 94.3 cm³/mol. The van der Waals surface area contributed by atoms with Gasteiger partial charge in [-0.15, -0.1) is 0 Å².